The van der Waals surface area contributed by atoms with Crippen molar-refractivity contribution < 1.29 is 4.52 Å². The Balaban J connectivity index is 1.86. The lowest BCUT2D eigenvalue weighted by Gasteiger charge is -2.29. The number of nitrogens with zero attached hydrogens (tertiary/aromatic N) is 3. The Kier molecular flexibility index (Phi) is 2.57. The second kappa shape index (κ2) is 4.07. The molecule has 0 aromatic carbocycles. The number of likely N-dealkylation sites (N-methyl/N-ethyl adjacent to an activating group) is 1. The van der Waals surface area contributed by atoms with Gasteiger partial charge >= 0.3 is 0 Å². The van der Waals surface area contributed by atoms with E-state index in [2.05, 4.69) is 27.3 Å². The van der Waals surface area contributed by atoms with Crippen molar-refractivity contribution in [2.24, 2.45) is 0 Å². The summed E-state index contributed by atoms with van der Waals surface area (Å²) >= 11 is 0. The van der Waals surface area contributed by atoms with Gasteiger partial charge in [-0.25, -0.2) is 0 Å². The van der Waals surface area contributed by atoms with Crippen LogP contribution in [0, 0.1) is 0 Å². The first kappa shape index (κ1) is 10.1. The maximum absolute atomic E-state index is 5.53. The molecular weight excluding hydrogens is 204 g/mol. The maximum atomic E-state index is 5.53. The van der Waals surface area contributed by atoms with Crippen molar-refractivity contribution in [1.82, 2.24) is 15.4 Å². The molecule has 2 aliphatic heterocycles. The molecule has 0 spiro atoms. The third-order valence-electron chi connectivity index (χ3n) is 3.41. The van der Waals surface area contributed by atoms with E-state index in [4.69, 9.17) is 4.52 Å². The zero-order chi connectivity index (χ0) is 11.0. The normalized spacial score (nSPS) is 22.2. The molecule has 2 aliphatic rings. The lowest BCUT2D eigenvalue weighted by Crippen LogP contribution is -2.44. The Morgan fingerprint density at radius 1 is 1.25 bits per heavy atom. The zero-order valence-electron chi connectivity index (χ0n) is 9.70. The minimum atomic E-state index is 0.970. The summed E-state index contributed by atoms with van der Waals surface area (Å²) < 4.78 is 5.53. The highest BCUT2D eigenvalue weighted by atomic mass is 16.5. The highest BCUT2D eigenvalue weighted by Gasteiger charge is 2.26. The second-order valence-corrected chi connectivity index (χ2v) is 4.64. The van der Waals surface area contributed by atoms with Crippen molar-refractivity contribution in [3.05, 3.63) is 11.3 Å². The number of hydrogen-bond acceptors (Lipinski definition) is 5. The standard InChI is InChI=1S/C11H18N4O/c1-14-5-2-10-9(8-14)11(16-13-10)15-6-3-12-4-7-15/h12H,2-8H2,1H3. The number of aromatic nitrogens is 1. The highest BCUT2D eigenvalue weighted by molar-refractivity contribution is 5.47. The van der Waals surface area contributed by atoms with E-state index in [-0.39, 0.29) is 0 Å². The summed E-state index contributed by atoms with van der Waals surface area (Å²) in [6.07, 6.45) is 1.02. The molecule has 0 unspecified atom stereocenters. The predicted octanol–water partition coefficient (Wildman–Crippen LogP) is 0.0721. The van der Waals surface area contributed by atoms with E-state index in [9.17, 15) is 0 Å². The van der Waals surface area contributed by atoms with Crippen LogP contribution in [0.4, 0.5) is 5.88 Å². The van der Waals surface area contributed by atoms with E-state index in [1.807, 2.05) is 0 Å². The molecule has 88 valence electrons. The minimum Gasteiger partial charge on any atom is -0.338 e. The molecule has 1 saturated heterocycles. The average Bonchev–Trinajstić information content (AvgIpc) is 2.73. The van der Waals surface area contributed by atoms with Gasteiger partial charge in [0.2, 0.25) is 5.88 Å². The van der Waals surface area contributed by atoms with Gasteiger partial charge in [0.25, 0.3) is 0 Å². The SMILES string of the molecule is CN1CCc2noc(N3CCNCC3)c2C1. The smallest absolute Gasteiger partial charge is 0.232 e. The monoisotopic (exact) mass is 222 g/mol. The van der Waals surface area contributed by atoms with Gasteiger partial charge in [-0.15, -0.1) is 0 Å². The maximum Gasteiger partial charge on any atom is 0.232 e. The van der Waals surface area contributed by atoms with Crippen LogP contribution in [-0.2, 0) is 13.0 Å². The number of hydrogen-bond donors (Lipinski definition) is 1. The lowest BCUT2D eigenvalue weighted by atomic mass is 10.1. The summed E-state index contributed by atoms with van der Waals surface area (Å²) in [6.45, 7) is 6.16. The number of fused-ring (bicyclic) bond motifs is 1. The van der Waals surface area contributed by atoms with Gasteiger partial charge in [-0.3, -0.25) is 0 Å². The van der Waals surface area contributed by atoms with Gasteiger partial charge in [0.05, 0.1) is 11.3 Å². The summed E-state index contributed by atoms with van der Waals surface area (Å²) in [5.41, 5.74) is 2.46. The molecule has 0 saturated carbocycles. The third kappa shape index (κ3) is 1.70. The van der Waals surface area contributed by atoms with Gasteiger partial charge < -0.3 is 19.6 Å². The molecular formula is C11H18N4O. The van der Waals surface area contributed by atoms with Crippen LogP contribution in [0.1, 0.15) is 11.3 Å². The van der Waals surface area contributed by atoms with Crippen LogP contribution in [0.2, 0.25) is 0 Å². The molecule has 0 bridgehead atoms. The molecule has 1 N–H and O–H groups in total. The van der Waals surface area contributed by atoms with E-state index >= 15 is 0 Å². The van der Waals surface area contributed by atoms with E-state index < -0.39 is 0 Å². The molecule has 0 aliphatic carbocycles. The van der Waals surface area contributed by atoms with Crippen LogP contribution < -0.4 is 10.2 Å². The highest BCUT2D eigenvalue weighted by Crippen LogP contribution is 2.28. The first-order valence-electron chi connectivity index (χ1n) is 5.96. The largest absolute Gasteiger partial charge is 0.338 e. The van der Waals surface area contributed by atoms with Gasteiger partial charge in [0.1, 0.15) is 0 Å². The average molecular weight is 222 g/mol. The van der Waals surface area contributed by atoms with Crippen LogP contribution >= 0.6 is 0 Å². The van der Waals surface area contributed by atoms with Crippen molar-refractivity contribution >= 4 is 5.88 Å². The molecule has 3 heterocycles. The van der Waals surface area contributed by atoms with Gasteiger partial charge in [0, 0.05) is 45.7 Å². The molecule has 3 rings (SSSR count). The van der Waals surface area contributed by atoms with Crippen molar-refractivity contribution in [2.45, 2.75) is 13.0 Å². The minimum absolute atomic E-state index is 0.970. The predicted molar refractivity (Wildman–Crippen MR) is 61.6 cm³/mol. The van der Waals surface area contributed by atoms with Gasteiger partial charge in [-0.2, -0.15) is 0 Å². The quantitative estimate of drug-likeness (QED) is 0.728. The van der Waals surface area contributed by atoms with Crippen LogP contribution in [0.3, 0.4) is 0 Å². The fourth-order valence-corrected chi connectivity index (χ4v) is 2.45. The summed E-state index contributed by atoms with van der Waals surface area (Å²) in [4.78, 5) is 4.63. The van der Waals surface area contributed by atoms with E-state index in [1.54, 1.807) is 0 Å². The van der Waals surface area contributed by atoms with Crippen molar-refractivity contribution in [3.63, 3.8) is 0 Å². The molecule has 1 aromatic heterocycles. The Morgan fingerprint density at radius 2 is 2.06 bits per heavy atom. The molecule has 1 fully saturated rings. The van der Waals surface area contributed by atoms with Crippen molar-refractivity contribution in [1.29, 1.82) is 0 Å². The molecule has 0 amide bonds. The van der Waals surface area contributed by atoms with Crippen molar-refractivity contribution in [3.8, 4) is 0 Å². The van der Waals surface area contributed by atoms with Crippen LogP contribution in [0.5, 0.6) is 0 Å². The Morgan fingerprint density at radius 3 is 2.88 bits per heavy atom. The van der Waals surface area contributed by atoms with Crippen LogP contribution in [0.15, 0.2) is 4.52 Å². The Labute approximate surface area is 95.4 Å². The number of nitrogens with one attached hydrogen (secondary N) is 1. The van der Waals surface area contributed by atoms with E-state index in [0.717, 1.165) is 57.3 Å². The summed E-state index contributed by atoms with van der Waals surface area (Å²) in [5, 5.41) is 7.55. The van der Waals surface area contributed by atoms with Crippen LogP contribution in [-0.4, -0.2) is 49.8 Å². The van der Waals surface area contributed by atoms with Gasteiger partial charge in [-0.05, 0) is 7.05 Å². The van der Waals surface area contributed by atoms with Crippen molar-refractivity contribution in [2.75, 3.05) is 44.7 Å². The number of anilines is 1. The summed E-state index contributed by atoms with van der Waals surface area (Å²) in [5.74, 6) is 1.00. The zero-order valence-corrected chi connectivity index (χ0v) is 9.70. The van der Waals surface area contributed by atoms with E-state index in [1.165, 1.54) is 5.56 Å². The molecule has 0 radical (unpaired) electrons. The first-order chi connectivity index (χ1) is 7.84. The fourth-order valence-electron chi connectivity index (χ4n) is 2.45. The number of rotatable bonds is 1. The summed E-state index contributed by atoms with van der Waals surface area (Å²) in [7, 11) is 2.15. The second-order valence-electron chi connectivity index (χ2n) is 4.64. The first-order valence-corrected chi connectivity index (χ1v) is 5.96. The van der Waals surface area contributed by atoms with Gasteiger partial charge in [0.15, 0.2) is 0 Å². The molecule has 5 heteroatoms. The molecule has 1 aromatic rings. The molecule has 16 heavy (non-hydrogen) atoms. The third-order valence-corrected chi connectivity index (χ3v) is 3.41. The molecule has 0 atom stereocenters. The molecule has 5 nitrogen and oxygen atoms in total. The Hall–Kier alpha value is -1.07. The Bertz CT molecular complexity index is 370. The topological polar surface area (TPSA) is 44.5 Å². The van der Waals surface area contributed by atoms with Crippen LogP contribution in [0.25, 0.3) is 0 Å². The summed E-state index contributed by atoms with van der Waals surface area (Å²) in [6, 6.07) is 0. The lowest BCUT2D eigenvalue weighted by molar-refractivity contribution is 0.311. The fraction of sp³-hybridized carbons (Fsp3) is 0.727. The van der Waals surface area contributed by atoms with E-state index in [0.29, 0.717) is 0 Å². The van der Waals surface area contributed by atoms with Gasteiger partial charge in [-0.1, -0.05) is 5.16 Å². The number of piperazine rings is 1.